The van der Waals surface area contributed by atoms with E-state index in [0.717, 1.165) is 17.1 Å². The Morgan fingerprint density at radius 2 is 0.976 bits per heavy atom. The molecule has 0 aliphatic heterocycles. The molecule has 0 bridgehead atoms. The van der Waals surface area contributed by atoms with Crippen molar-refractivity contribution in [2.24, 2.45) is 0 Å². The van der Waals surface area contributed by atoms with Gasteiger partial charge in [-0.15, -0.1) is 11.3 Å². The minimum atomic E-state index is 1.13. The summed E-state index contributed by atoms with van der Waals surface area (Å²) in [5.74, 6) is 0. The second-order valence-corrected chi connectivity index (χ2v) is 11.7. The number of nitrogens with zero attached hydrogens (tertiary/aromatic N) is 1. The quantitative estimate of drug-likeness (QED) is 0.205. The molecule has 42 heavy (non-hydrogen) atoms. The Bertz CT molecular complexity index is 2140. The molecule has 0 aliphatic carbocycles. The highest BCUT2D eigenvalue weighted by molar-refractivity contribution is 7.26. The molecule has 0 saturated carbocycles. The van der Waals surface area contributed by atoms with Crippen LogP contribution in [0.15, 0.2) is 164 Å². The summed E-state index contributed by atoms with van der Waals surface area (Å²) in [7, 11) is 0. The van der Waals surface area contributed by atoms with Gasteiger partial charge in [-0.05, 0) is 88.1 Å². The molecule has 0 spiro atoms. The number of fused-ring (bicyclic) bond motifs is 4. The van der Waals surface area contributed by atoms with Crippen molar-refractivity contribution < 1.29 is 0 Å². The van der Waals surface area contributed by atoms with Crippen molar-refractivity contribution in [3.8, 4) is 22.3 Å². The first-order valence-electron chi connectivity index (χ1n) is 14.3. The fourth-order valence-corrected chi connectivity index (χ4v) is 7.19. The highest BCUT2D eigenvalue weighted by Gasteiger charge is 2.15. The number of anilines is 3. The van der Waals surface area contributed by atoms with Gasteiger partial charge in [-0.25, -0.2) is 0 Å². The van der Waals surface area contributed by atoms with E-state index in [1.54, 1.807) is 0 Å². The van der Waals surface area contributed by atoms with Crippen molar-refractivity contribution in [1.82, 2.24) is 0 Å². The molecule has 0 fully saturated rings. The van der Waals surface area contributed by atoms with E-state index in [2.05, 4.69) is 169 Å². The number of rotatable bonds is 5. The summed E-state index contributed by atoms with van der Waals surface area (Å²) in [4.78, 5) is 2.31. The van der Waals surface area contributed by atoms with E-state index >= 15 is 0 Å². The van der Waals surface area contributed by atoms with E-state index in [0.29, 0.717) is 0 Å². The molecule has 0 saturated heterocycles. The van der Waals surface area contributed by atoms with Crippen molar-refractivity contribution in [3.05, 3.63) is 164 Å². The van der Waals surface area contributed by atoms with Gasteiger partial charge in [0.2, 0.25) is 0 Å². The first-order chi connectivity index (χ1) is 20.8. The van der Waals surface area contributed by atoms with Gasteiger partial charge in [0.1, 0.15) is 0 Å². The predicted octanol–water partition coefficient (Wildman–Crippen LogP) is 12.0. The summed E-state index contributed by atoms with van der Waals surface area (Å²) in [5.41, 5.74) is 8.39. The van der Waals surface area contributed by atoms with Gasteiger partial charge in [0, 0.05) is 42.8 Å². The van der Waals surface area contributed by atoms with Gasteiger partial charge in [0.15, 0.2) is 0 Å². The molecular formula is C40H27NS. The number of thiophene rings is 1. The summed E-state index contributed by atoms with van der Waals surface area (Å²) in [6, 6.07) is 59.1. The lowest BCUT2D eigenvalue weighted by atomic mass is 9.94. The molecular weight excluding hydrogens is 527 g/mol. The largest absolute Gasteiger partial charge is 0.311 e. The van der Waals surface area contributed by atoms with Gasteiger partial charge in [-0.1, -0.05) is 103 Å². The maximum absolute atomic E-state index is 2.38. The van der Waals surface area contributed by atoms with Crippen LogP contribution in [0.4, 0.5) is 17.1 Å². The smallest absolute Gasteiger partial charge is 0.0462 e. The van der Waals surface area contributed by atoms with Crippen LogP contribution in [-0.4, -0.2) is 0 Å². The van der Waals surface area contributed by atoms with E-state index in [4.69, 9.17) is 0 Å². The van der Waals surface area contributed by atoms with Crippen LogP contribution >= 0.6 is 11.3 Å². The van der Waals surface area contributed by atoms with Crippen LogP contribution in [0.5, 0.6) is 0 Å². The van der Waals surface area contributed by atoms with Crippen LogP contribution in [0, 0.1) is 0 Å². The third-order valence-electron chi connectivity index (χ3n) is 8.03. The third kappa shape index (κ3) is 4.34. The second-order valence-electron chi connectivity index (χ2n) is 10.6. The minimum absolute atomic E-state index is 1.13. The highest BCUT2D eigenvalue weighted by atomic mass is 32.1. The minimum Gasteiger partial charge on any atom is -0.311 e. The lowest BCUT2D eigenvalue weighted by Crippen LogP contribution is -2.09. The average molecular weight is 554 g/mol. The number of hydrogen-bond acceptors (Lipinski definition) is 2. The summed E-state index contributed by atoms with van der Waals surface area (Å²) in [6.45, 7) is 0. The lowest BCUT2D eigenvalue weighted by molar-refractivity contribution is 1.28. The Balaban J connectivity index is 1.28. The van der Waals surface area contributed by atoms with E-state index in [1.807, 2.05) is 11.3 Å². The Morgan fingerprint density at radius 3 is 1.71 bits per heavy atom. The van der Waals surface area contributed by atoms with Gasteiger partial charge in [0.05, 0.1) is 0 Å². The molecule has 0 radical (unpaired) electrons. The molecule has 0 atom stereocenters. The van der Waals surface area contributed by atoms with Gasteiger partial charge in [-0.3, -0.25) is 0 Å². The van der Waals surface area contributed by atoms with E-state index in [9.17, 15) is 0 Å². The first-order valence-corrected chi connectivity index (χ1v) is 15.1. The Labute approximate surface area is 249 Å². The zero-order valence-electron chi connectivity index (χ0n) is 22.9. The topological polar surface area (TPSA) is 3.24 Å². The van der Waals surface area contributed by atoms with Crippen molar-refractivity contribution in [3.63, 3.8) is 0 Å². The normalized spacial score (nSPS) is 11.3. The van der Waals surface area contributed by atoms with Crippen molar-refractivity contribution in [2.75, 3.05) is 4.90 Å². The fraction of sp³-hybridized carbons (Fsp3) is 0. The number of para-hydroxylation sites is 2. The summed E-state index contributed by atoms with van der Waals surface area (Å²) in [6.07, 6.45) is 0. The van der Waals surface area contributed by atoms with E-state index in [1.165, 1.54) is 53.2 Å². The highest BCUT2D eigenvalue weighted by Crippen LogP contribution is 2.44. The molecule has 8 rings (SSSR count). The second kappa shape index (κ2) is 10.3. The average Bonchev–Trinajstić information content (AvgIpc) is 3.44. The molecule has 1 nitrogen and oxygen atoms in total. The first kappa shape index (κ1) is 24.6. The molecule has 1 heterocycles. The molecule has 0 aliphatic rings. The lowest BCUT2D eigenvalue weighted by Gasteiger charge is -2.25. The Kier molecular flexibility index (Phi) is 6.05. The number of benzene rings is 7. The monoisotopic (exact) mass is 553 g/mol. The van der Waals surface area contributed by atoms with E-state index in [-0.39, 0.29) is 0 Å². The zero-order valence-corrected chi connectivity index (χ0v) is 23.8. The van der Waals surface area contributed by atoms with Gasteiger partial charge in [-0.2, -0.15) is 0 Å². The molecule has 0 amide bonds. The summed E-state index contributed by atoms with van der Waals surface area (Å²) >= 11 is 1.89. The van der Waals surface area contributed by atoms with Crippen LogP contribution in [0.1, 0.15) is 0 Å². The van der Waals surface area contributed by atoms with Crippen LogP contribution in [0.2, 0.25) is 0 Å². The van der Waals surface area contributed by atoms with Crippen molar-refractivity contribution in [1.29, 1.82) is 0 Å². The predicted molar refractivity (Wildman–Crippen MR) is 182 cm³/mol. The van der Waals surface area contributed by atoms with Crippen molar-refractivity contribution in [2.45, 2.75) is 0 Å². The molecule has 1 aromatic heterocycles. The molecule has 2 heteroatoms. The van der Waals surface area contributed by atoms with E-state index < -0.39 is 0 Å². The van der Waals surface area contributed by atoms with Crippen molar-refractivity contribution >= 4 is 59.3 Å². The SMILES string of the molecule is c1ccc(N(c2ccccc2)c2ccc(-c3cc(-c4ccc5ccccc5c4)c4sc5ccccc5c4c3)cc2)cc1. The maximum atomic E-state index is 2.38. The molecule has 0 unspecified atom stereocenters. The van der Waals surface area contributed by atoms with Gasteiger partial charge < -0.3 is 4.90 Å². The van der Waals surface area contributed by atoms with Crippen LogP contribution in [-0.2, 0) is 0 Å². The molecule has 8 aromatic rings. The van der Waals surface area contributed by atoms with Crippen LogP contribution < -0.4 is 4.90 Å². The summed E-state index contributed by atoms with van der Waals surface area (Å²) in [5, 5.41) is 5.16. The van der Waals surface area contributed by atoms with Crippen LogP contribution in [0.3, 0.4) is 0 Å². The maximum Gasteiger partial charge on any atom is 0.0462 e. The van der Waals surface area contributed by atoms with Gasteiger partial charge in [0.25, 0.3) is 0 Å². The standard InChI is InChI=1S/C40H27NS/c1-3-13-33(14-4-1)41(34-15-5-2-6-16-34)35-23-21-29(22-24-35)32-26-37(31-20-19-28-11-7-8-12-30(28)25-31)40-38(27-32)36-17-9-10-18-39(36)42-40/h1-27H. The zero-order chi connectivity index (χ0) is 27.9. The Morgan fingerprint density at radius 1 is 0.381 bits per heavy atom. The Hall–Kier alpha value is -5.18. The summed E-state index contributed by atoms with van der Waals surface area (Å²) < 4.78 is 2.66. The fourth-order valence-electron chi connectivity index (χ4n) is 5.97. The molecule has 7 aromatic carbocycles. The number of hydrogen-bond donors (Lipinski definition) is 0. The third-order valence-corrected chi connectivity index (χ3v) is 9.25. The van der Waals surface area contributed by atoms with Gasteiger partial charge >= 0.3 is 0 Å². The van der Waals surface area contributed by atoms with Crippen LogP contribution in [0.25, 0.3) is 53.2 Å². The molecule has 198 valence electrons. The molecule has 0 N–H and O–H groups in total.